The molecule has 8 atom stereocenters. The van der Waals surface area contributed by atoms with E-state index in [2.05, 4.69) is 0 Å². The van der Waals surface area contributed by atoms with Crippen LogP contribution in [0.1, 0.15) is 67.7 Å². The van der Waals surface area contributed by atoms with Crippen molar-refractivity contribution in [2.75, 3.05) is 28.4 Å². The first-order valence-corrected chi connectivity index (χ1v) is 13.1. The number of fused-ring (bicyclic) bond motifs is 3. The van der Waals surface area contributed by atoms with E-state index in [0.29, 0.717) is 0 Å². The number of hydrogen-bond acceptors (Lipinski definition) is 13. The van der Waals surface area contributed by atoms with E-state index in [-0.39, 0.29) is 33.6 Å². The van der Waals surface area contributed by atoms with Gasteiger partial charge in [-0.3, -0.25) is 14.4 Å². The average Bonchev–Trinajstić information content (AvgIpc) is 2.94. The van der Waals surface area contributed by atoms with Crippen LogP contribution < -0.4 is 4.74 Å². The number of benzene rings is 2. The SMILES string of the molecule is COc1cc(O)c2c(c1)C(=O)c1cc3c(c(O)c1C2=O)C(O[C@@H]1O[C@@H](C)[C@H](OC)[C@@H](O)[C@H]1OC)C(OC)C(C)(O)C3=O. The summed E-state index contributed by atoms with van der Waals surface area (Å²) >= 11 is 0. The minimum Gasteiger partial charge on any atom is -0.507 e. The first-order valence-electron chi connectivity index (χ1n) is 13.1. The van der Waals surface area contributed by atoms with Crippen molar-refractivity contribution >= 4 is 17.3 Å². The Labute approximate surface area is 240 Å². The third-order valence-corrected chi connectivity index (χ3v) is 8.26. The molecule has 3 unspecified atom stereocenters. The zero-order chi connectivity index (χ0) is 30.8. The maximum Gasteiger partial charge on any atom is 0.201 e. The van der Waals surface area contributed by atoms with Crippen LogP contribution in [0.25, 0.3) is 0 Å². The summed E-state index contributed by atoms with van der Waals surface area (Å²) in [7, 11) is 5.25. The van der Waals surface area contributed by atoms with Crippen molar-refractivity contribution in [3.05, 3.63) is 51.6 Å². The third kappa shape index (κ3) is 4.23. The van der Waals surface area contributed by atoms with Gasteiger partial charge in [-0.25, -0.2) is 0 Å². The molecule has 2 aromatic rings. The van der Waals surface area contributed by atoms with Gasteiger partial charge in [0.2, 0.25) is 5.78 Å². The zero-order valence-corrected chi connectivity index (χ0v) is 23.7. The number of aliphatic hydroxyl groups is 2. The molecule has 1 saturated heterocycles. The number of ether oxygens (including phenoxy) is 6. The average molecular weight is 589 g/mol. The molecule has 4 N–H and O–H groups in total. The van der Waals surface area contributed by atoms with E-state index in [0.717, 1.165) is 12.1 Å². The lowest BCUT2D eigenvalue weighted by Crippen LogP contribution is -2.61. The van der Waals surface area contributed by atoms with E-state index in [1.54, 1.807) is 6.92 Å². The van der Waals surface area contributed by atoms with Gasteiger partial charge in [0.05, 0.1) is 24.3 Å². The van der Waals surface area contributed by atoms with Crippen LogP contribution in [0.5, 0.6) is 17.2 Å². The lowest BCUT2D eigenvalue weighted by molar-refractivity contribution is -0.323. The summed E-state index contributed by atoms with van der Waals surface area (Å²) < 4.78 is 33.5. The van der Waals surface area contributed by atoms with Crippen LogP contribution >= 0.6 is 0 Å². The summed E-state index contributed by atoms with van der Waals surface area (Å²) in [6, 6.07) is 3.53. The first-order chi connectivity index (χ1) is 19.8. The number of Topliss-reactive ketones (excluding diaryl/α,β-unsaturated/α-hetero) is 1. The third-order valence-electron chi connectivity index (χ3n) is 8.26. The molecule has 0 spiro atoms. The Morgan fingerprint density at radius 3 is 2.10 bits per heavy atom. The van der Waals surface area contributed by atoms with Gasteiger partial charge in [-0.15, -0.1) is 0 Å². The molecule has 1 aliphatic heterocycles. The Balaban J connectivity index is 1.69. The number of ketones is 3. The molecule has 0 radical (unpaired) electrons. The molecule has 0 amide bonds. The van der Waals surface area contributed by atoms with E-state index in [1.165, 1.54) is 41.4 Å². The van der Waals surface area contributed by atoms with Gasteiger partial charge in [0.15, 0.2) is 23.5 Å². The van der Waals surface area contributed by atoms with Crippen LogP contribution in [-0.4, -0.2) is 109 Å². The normalized spacial score (nSPS) is 32.3. The molecule has 226 valence electrons. The van der Waals surface area contributed by atoms with Crippen molar-refractivity contribution in [2.24, 2.45) is 0 Å². The second-order valence-electron chi connectivity index (χ2n) is 10.6. The monoisotopic (exact) mass is 588 g/mol. The minimum absolute atomic E-state index is 0.112. The van der Waals surface area contributed by atoms with Crippen molar-refractivity contribution in [1.82, 2.24) is 0 Å². The van der Waals surface area contributed by atoms with Gasteiger partial charge in [-0.1, -0.05) is 0 Å². The van der Waals surface area contributed by atoms with Crippen LogP contribution in [0, 0.1) is 0 Å². The lowest BCUT2D eigenvalue weighted by Gasteiger charge is -2.46. The van der Waals surface area contributed by atoms with Gasteiger partial charge in [-0.05, 0) is 26.0 Å². The summed E-state index contributed by atoms with van der Waals surface area (Å²) in [4.78, 5) is 40.9. The second kappa shape index (κ2) is 10.7. The predicted molar refractivity (Wildman–Crippen MR) is 141 cm³/mol. The highest BCUT2D eigenvalue weighted by molar-refractivity contribution is 6.31. The van der Waals surface area contributed by atoms with Crippen LogP contribution in [0.4, 0.5) is 0 Å². The summed E-state index contributed by atoms with van der Waals surface area (Å²) in [6.45, 7) is 2.83. The molecule has 2 aromatic carbocycles. The molecule has 0 saturated carbocycles. The molecule has 1 fully saturated rings. The zero-order valence-electron chi connectivity index (χ0n) is 23.7. The summed E-state index contributed by atoms with van der Waals surface area (Å²) in [5.41, 5.74) is -4.09. The fourth-order valence-corrected chi connectivity index (χ4v) is 6.14. The number of phenolic OH excluding ortho intramolecular Hbond substituents is 2. The van der Waals surface area contributed by atoms with Crippen molar-refractivity contribution in [3.8, 4) is 17.2 Å². The van der Waals surface area contributed by atoms with Crippen molar-refractivity contribution in [2.45, 2.75) is 62.4 Å². The highest BCUT2D eigenvalue weighted by atomic mass is 16.7. The Bertz CT molecular complexity index is 1460. The quantitative estimate of drug-likeness (QED) is 0.320. The molecule has 3 aliphatic rings. The van der Waals surface area contributed by atoms with Crippen molar-refractivity contribution in [3.63, 3.8) is 0 Å². The van der Waals surface area contributed by atoms with Crippen LogP contribution in [-0.2, 0) is 23.7 Å². The van der Waals surface area contributed by atoms with E-state index < -0.39 is 82.9 Å². The number of rotatable bonds is 6. The second-order valence-corrected chi connectivity index (χ2v) is 10.6. The maximum absolute atomic E-state index is 13.7. The molecular formula is C29H32O13. The van der Waals surface area contributed by atoms with E-state index >= 15 is 0 Å². The Morgan fingerprint density at radius 1 is 0.857 bits per heavy atom. The number of methoxy groups -OCH3 is 4. The van der Waals surface area contributed by atoms with Gasteiger partial charge >= 0.3 is 0 Å². The summed E-state index contributed by atoms with van der Waals surface area (Å²) in [6.07, 6.45) is -8.04. The molecule has 0 aromatic heterocycles. The Morgan fingerprint density at radius 2 is 1.50 bits per heavy atom. The predicted octanol–water partition coefficient (Wildman–Crippen LogP) is 1.04. The molecular weight excluding hydrogens is 556 g/mol. The van der Waals surface area contributed by atoms with Crippen LogP contribution in [0.15, 0.2) is 18.2 Å². The molecule has 2 aliphatic carbocycles. The minimum atomic E-state index is -2.23. The highest BCUT2D eigenvalue weighted by Crippen LogP contribution is 2.49. The number of carbonyl (C=O) groups is 3. The summed E-state index contributed by atoms with van der Waals surface area (Å²) in [5, 5.41) is 44.4. The van der Waals surface area contributed by atoms with Gasteiger partial charge in [0.1, 0.15) is 47.8 Å². The molecule has 1 heterocycles. The number of aromatic hydroxyl groups is 2. The van der Waals surface area contributed by atoms with Gasteiger partial charge in [0.25, 0.3) is 0 Å². The summed E-state index contributed by atoms with van der Waals surface area (Å²) in [5.74, 6) is -3.74. The molecule has 13 heteroatoms. The van der Waals surface area contributed by atoms with Gasteiger partial charge in [-0.2, -0.15) is 0 Å². The van der Waals surface area contributed by atoms with Gasteiger partial charge < -0.3 is 48.8 Å². The first kappa shape index (κ1) is 30.0. The number of phenols is 2. The smallest absolute Gasteiger partial charge is 0.201 e. The standard InChI is InChI=1S/C29H32O13/c1-10-23(38-4)22(34)25(39-5)28(41-10)42-24-18-14(26(35)29(2,36)27(24)40-6)9-13-17(21(18)33)20(32)16-12(19(13)31)7-11(37-3)8-15(16)30/h7-10,22-25,27-28,30,33-34,36H,1-6H3/t10-,22+,23-,24?,25+,27?,28-,29?/m0/s1. The number of aliphatic hydroxyl groups excluding tert-OH is 1. The number of carbonyl (C=O) groups excluding carboxylic acids is 3. The topological polar surface area (TPSA) is 188 Å². The van der Waals surface area contributed by atoms with E-state index in [9.17, 15) is 34.8 Å². The lowest BCUT2D eigenvalue weighted by atomic mass is 9.72. The van der Waals surface area contributed by atoms with Crippen LogP contribution in [0.2, 0.25) is 0 Å². The van der Waals surface area contributed by atoms with Gasteiger partial charge in [0, 0.05) is 49.6 Å². The largest absolute Gasteiger partial charge is 0.507 e. The molecule has 5 rings (SSSR count). The van der Waals surface area contributed by atoms with Crippen molar-refractivity contribution in [1.29, 1.82) is 0 Å². The fraction of sp³-hybridized carbons (Fsp3) is 0.483. The molecule has 42 heavy (non-hydrogen) atoms. The van der Waals surface area contributed by atoms with E-state index in [1.807, 2.05) is 0 Å². The van der Waals surface area contributed by atoms with Crippen LogP contribution in [0.3, 0.4) is 0 Å². The Hall–Kier alpha value is -3.43. The molecule has 0 bridgehead atoms. The fourth-order valence-electron chi connectivity index (χ4n) is 6.14. The van der Waals surface area contributed by atoms with Crippen molar-refractivity contribution < 1.29 is 63.2 Å². The maximum atomic E-state index is 13.7. The molecule has 13 nitrogen and oxygen atoms in total. The van der Waals surface area contributed by atoms with E-state index in [4.69, 9.17) is 28.4 Å². The highest BCUT2D eigenvalue weighted by Gasteiger charge is 2.56. The Kier molecular flexibility index (Phi) is 7.64. The number of hydrogen-bond donors (Lipinski definition) is 4.